The van der Waals surface area contributed by atoms with Crippen LogP contribution in [0.2, 0.25) is 0 Å². The fourth-order valence-electron chi connectivity index (χ4n) is 2.73. The number of likely N-dealkylation sites (tertiary alicyclic amines) is 1. The summed E-state index contributed by atoms with van der Waals surface area (Å²) in [6, 6.07) is 6.75. The number of amides is 2. The molecular weight excluding hydrogens is 280 g/mol. The molecular formula is C17H22N2O3. The van der Waals surface area contributed by atoms with Gasteiger partial charge in [0.25, 0.3) is 5.91 Å². The fourth-order valence-corrected chi connectivity index (χ4v) is 2.73. The smallest absolute Gasteiger partial charge is 0.254 e. The van der Waals surface area contributed by atoms with E-state index in [1.165, 1.54) is 0 Å². The molecule has 1 aromatic carbocycles. The molecule has 1 saturated heterocycles. The lowest BCUT2D eigenvalue weighted by Gasteiger charge is -2.32. The number of benzene rings is 1. The Bertz CT molecular complexity index is 571. The van der Waals surface area contributed by atoms with E-state index in [9.17, 15) is 14.4 Å². The third-order valence-electron chi connectivity index (χ3n) is 4.17. The molecule has 0 radical (unpaired) electrons. The summed E-state index contributed by atoms with van der Waals surface area (Å²) < 4.78 is 0. The molecule has 0 bridgehead atoms. The molecule has 0 aromatic heterocycles. The summed E-state index contributed by atoms with van der Waals surface area (Å²) >= 11 is 0. The summed E-state index contributed by atoms with van der Waals surface area (Å²) in [4.78, 5) is 38.9. The zero-order valence-electron chi connectivity index (χ0n) is 13.1. The van der Waals surface area contributed by atoms with E-state index in [2.05, 4.69) is 0 Å². The zero-order chi connectivity index (χ0) is 16.1. The first-order valence-corrected chi connectivity index (χ1v) is 7.63. The first kappa shape index (κ1) is 16.2. The van der Waals surface area contributed by atoms with Crippen LogP contribution in [-0.2, 0) is 4.79 Å². The summed E-state index contributed by atoms with van der Waals surface area (Å²) in [7, 11) is 1.70. The largest absolute Gasteiger partial charge is 0.341 e. The first-order valence-electron chi connectivity index (χ1n) is 7.63. The number of rotatable bonds is 5. The van der Waals surface area contributed by atoms with Crippen molar-refractivity contribution in [3.63, 3.8) is 0 Å². The third kappa shape index (κ3) is 3.53. The minimum atomic E-state index is -0.194. The van der Waals surface area contributed by atoms with E-state index in [0.29, 0.717) is 30.5 Å². The molecule has 0 saturated carbocycles. The maximum atomic E-state index is 12.4. The normalized spacial score (nSPS) is 18.2. The van der Waals surface area contributed by atoms with Crippen LogP contribution in [0.5, 0.6) is 0 Å². The summed E-state index contributed by atoms with van der Waals surface area (Å²) in [6.07, 6.45) is 2.65. The average Bonchev–Trinajstić information content (AvgIpc) is 2.55. The van der Waals surface area contributed by atoms with Crippen LogP contribution < -0.4 is 0 Å². The number of carbonyl (C=O) groups is 3. The topological polar surface area (TPSA) is 57.7 Å². The van der Waals surface area contributed by atoms with Crippen molar-refractivity contribution in [3.05, 3.63) is 35.4 Å². The minimum absolute atomic E-state index is 0.0746. The van der Waals surface area contributed by atoms with Crippen LogP contribution in [0.4, 0.5) is 0 Å². The summed E-state index contributed by atoms with van der Waals surface area (Å²) in [6.45, 7) is 3.71. The van der Waals surface area contributed by atoms with Gasteiger partial charge in [-0.3, -0.25) is 14.4 Å². The Morgan fingerprint density at radius 3 is 2.86 bits per heavy atom. The maximum absolute atomic E-state index is 12.4. The molecule has 1 aliphatic rings. The second kappa shape index (κ2) is 7.20. The molecule has 1 unspecified atom stereocenters. The molecule has 5 nitrogen and oxygen atoms in total. The standard InChI is InChI=1S/C17H22N2O3/c1-13-6-5-9-19(16(13)21)11-10-18(2)17(22)15-8-4-3-7-14(15)12-20/h3-4,7-8,12-13H,5-6,9-11H2,1-2H3. The molecule has 0 aliphatic carbocycles. The quantitative estimate of drug-likeness (QED) is 0.780. The van der Waals surface area contributed by atoms with Crippen molar-refractivity contribution < 1.29 is 14.4 Å². The molecule has 1 aliphatic heterocycles. The van der Waals surface area contributed by atoms with E-state index in [1.54, 1.807) is 36.2 Å². The Hall–Kier alpha value is -2.17. The van der Waals surface area contributed by atoms with Crippen LogP contribution >= 0.6 is 0 Å². The highest BCUT2D eigenvalue weighted by Crippen LogP contribution is 2.17. The Kier molecular flexibility index (Phi) is 5.31. The average molecular weight is 302 g/mol. The second-order valence-corrected chi connectivity index (χ2v) is 5.80. The van der Waals surface area contributed by atoms with E-state index in [-0.39, 0.29) is 17.7 Å². The predicted molar refractivity (Wildman–Crippen MR) is 83.8 cm³/mol. The lowest BCUT2D eigenvalue weighted by Crippen LogP contribution is -2.44. The number of likely N-dealkylation sites (N-methyl/N-ethyl adjacent to an activating group) is 1. The molecule has 2 amide bonds. The van der Waals surface area contributed by atoms with Gasteiger partial charge in [-0.05, 0) is 18.9 Å². The molecule has 2 rings (SSSR count). The highest BCUT2D eigenvalue weighted by Gasteiger charge is 2.25. The Morgan fingerprint density at radius 2 is 2.14 bits per heavy atom. The monoisotopic (exact) mass is 302 g/mol. The van der Waals surface area contributed by atoms with Gasteiger partial charge in [0, 0.05) is 38.2 Å². The molecule has 1 fully saturated rings. The minimum Gasteiger partial charge on any atom is -0.341 e. The van der Waals surface area contributed by atoms with Crippen LogP contribution in [0.1, 0.15) is 40.5 Å². The molecule has 0 spiro atoms. The number of hydrogen-bond donors (Lipinski definition) is 0. The zero-order valence-corrected chi connectivity index (χ0v) is 13.1. The maximum Gasteiger partial charge on any atom is 0.254 e. The lowest BCUT2D eigenvalue weighted by molar-refractivity contribution is -0.137. The van der Waals surface area contributed by atoms with Gasteiger partial charge in [-0.1, -0.05) is 25.1 Å². The van der Waals surface area contributed by atoms with E-state index in [0.717, 1.165) is 19.4 Å². The molecule has 118 valence electrons. The molecule has 1 aromatic rings. The molecule has 22 heavy (non-hydrogen) atoms. The van der Waals surface area contributed by atoms with E-state index in [4.69, 9.17) is 0 Å². The third-order valence-corrected chi connectivity index (χ3v) is 4.17. The fraction of sp³-hybridized carbons (Fsp3) is 0.471. The Balaban J connectivity index is 1.97. The lowest BCUT2D eigenvalue weighted by atomic mass is 9.99. The number of carbonyl (C=O) groups excluding carboxylic acids is 3. The molecule has 0 N–H and O–H groups in total. The van der Waals surface area contributed by atoms with Gasteiger partial charge in [0.15, 0.2) is 6.29 Å². The van der Waals surface area contributed by atoms with E-state index >= 15 is 0 Å². The summed E-state index contributed by atoms with van der Waals surface area (Å²) in [5.41, 5.74) is 0.792. The van der Waals surface area contributed by atoms with Crippen LogP contribution in [0, 0.1) is 5.92 Å². The molecule has 1 heterocycles. The summed E-state index contributed by atoms with van der Waals surface area (Å²) in [5.74, 6) is 0.0474. The van der Waals surface area contributed by atoms with Gasteiger partial charge >= 0.3 is 0 Å². The summed E-state index contributed by atoms with van der Waals surface area (Å²) in [5, 5.41) is 0. The van der Waals surface area contributed by atoms with Crippen molar-refractivity contribution in [1.29, 1.82) is 0 Å². The number of nitrogens with zero attached hydrogens (tertiary/aromatic N) is 2. The van der Waals surface area contributed by atoms with Crippen molar-refractivity contribution in [1.82, 2.24) is 9.80 Å². The van der Waals surface area contributed by atoms with E-state index < -0.39 is 0 Å². The SMILES string of the molecule is CC1CCCN(CCN(C)C(=O)c2ccccc2C=O)C1=O. The number of hydrogen-bond acceptors (Lipinski definition) is 3. The van der Waals surface area contributed by atoms with Gasteiger partial charge in [0.2, 0.25) is 5.91 Å². The second-order valence-electron chi connectivity index (χ2n) is 5.80. The van der Waals surface area contributed by atoms with Gasteiger partial charge < -0.3 is 9.80 Å². The highest BCUT2D eigenvalue weighted by molar-refractivity contribution is 6.01. The van der Waals surface area contributed by atoms with Gasteiger partial charge in [-0.15, -0.1) is 0 Å². The van der Waals surface area contributed by atoms with Gasteiger partial charge in [-0.2, -0.15) is 0 Å². The van der Waals surface area contributed by atoms with Gasteiger partial charge in [0.05, 0.1) is 5.56 Å². The van der Waals surface area contributed by atoms with Crippen molar-refractivity contribution in [2.24, 2.45) is 5.92 Å². The van der Waals surface area contributed by atoms with Crippen molar-refractivity contribution in [3.8, 4) is 0 Å². The van der Waals surface area contributed by atoms with Crippen molar-refractivity contribution in [2.45, 2.75) is 19.8 Å². The van der Waals surface area contributed by atoms with Gasteiger partial charge in [-0.25, -0.2) is 0 Å². The highest BCUT2D eigenvalue weighted by atomic mass is 16.2. The molecule has 5 heteroatoms. The van der Waals surface area contributed by atoms with Crippen LogP contribution in [-0.4, -0.2) is 54.6 Å². The Labute approximate surface area is 130 Å². The van der Waals surface area contributed by atoms with Crippen molar-refractivity contribution in [2.75, 3.05) is 26.7 Å². The van der Waals surface area contributed by atoms with Crippen LogP contribution in [0.25, 0.3) is 0 Å². The first-order chi connectivity index (χ1) is 10.5. The van der Waals surface area contributed by atoms with Crippen molar-refractivity contribution >= 4 is 18.1 Å². The number of aldehydes is 1. The van der Waals surface area contributed by atoms with Crippen LogP contribution in [0.15, 0.2) is 24.3 Å². The van der Waals surface area contributed by atoms with E-state index in [1.807, 2.05) is 11.8 Å². The number of piperidine rings is 1. The molecule has 1 atom stereocenters. The van der Waals surface area contributed by atoms with Gasteiger partial charge in [0.1, 0.15) is 0 Å². The Morgan fingerprint density at radius 1 is 1.41 bits per heavy atom. The predicted octanol–water partition coefficient (Wildman–Crippen LogP) is 1.83. The van der Waals surface area contributed by atoms with Crippen LogP contribution in [0.3, 0.4) is 0 Å².